The van der Waals surface area contributed by atoms with Gasteiger partial charge in [0.15, 0.2) is 0 Å². The number of fused-ring (bicyclic) bond motifs is 1. The minimum Gasteiger partial charge on any atom is -0.322 e. The van der Waals surface area contributed by atoms with Gasteiger partial charge in [0, 0.05) is 18.0 Å². The SMILES string of the molecule is O=c1ccc2cc(F)c(N3CCCO3)cc2[nH]1. The average molecular weight is 234 g/mol. The van der Waals surface area contributed by atoms with Crippen molar-refractivity contribution in [1.82, 2.24) is 4.98 Å². The summed E-state index contributed by atoms with van der Waals surface area (Å²) in [4.78, 5) is 19.2. The lowest BCUT2D eigenvalue weighted by Crippen LogP contribution is -2.17. The van der Waals surface area contributed by atoms with Crippen LogP contribution < -0.4 is 10.6 Å². The molecular formula is C12H11FN2O2. The lowest BCUT2D eigenvalue weighted by molar-refractivity contribution is 0.166. The van der Waals surface area contributed by atoms with Crippen molar-refractivity contribution in [2.24, 2.45) is 0 Å². The van der Waals surface area contributed by atoms with Crippen LogP contribution >= 0.6 is 0 Å². The lowest BCUT2D eigenvalue weighted by Gasteiger charge is -2.17. The third-order valence-corrected chi connectivity index (χ3v) is 2.81. The number of aromatic amines is 1. The molecule has 1 fully saturated rings. The highest BCUT2D eigenvalue weighted by molar-refractivity contribution is 5.82. The molecule has 1 saturated heterocycles. The van der Waals surface area contributed by atoms with Crippen molar-refractivity contribution in [1.29, 1.82) is 0 Å². The second kappa shape index (κ2) is 3.85. The molecule has 1 aliphatic rings. The van der Waals surface area contributed by atoms with E-state index in [0.29, 0.717) is 29.7 Å². The van der Waals surface area contributed by atoms with Gasteiger partial charge in [0.25, 0.3) is 0 Å². The number of nitrogens with zero attached hydrogens (tertiary/aromatic N) is 1. The maximum atomic E-state index is 13.9. The van der Waals surface area contributed by atoms with Crippen molar-refractivity contribution in [2.75, 3.05) is 18.2 Å². The minimum absolute atomic E-state index is 0.197. The summed E-state index contributed by atoms with van der Waals surface area (Å²) < 4.78 is 13.9. The summed E-state index contributed by atoms with van der Waals surface area (Å²) in [7, 11) is 0. The van der Waals surface area contributed by atoms with Gasteiger partial charge in [-0.1, -0.05) is 0 Å². The molecule has 0 aliphatic carbocycles. The van der Waals surface area contributed by atoms with Crippen LogP contribution in [-0.4, -0.2) is 18.1 Å². The Kier molecular flexibility index (Phi) is 2.33. The first-order valence-corrected chi connectivity index (χ1v) is 5.47. The molecule has 5 heteroatoms. The molecule has 0 saturated carbocycles. The first kappa shape index (κ1) is 10.3. The highest BCUT2D eigenvalue weighted by atomic mass is 19.1. The van der Waals surface area contributed by atoms with Gasteiger partial charge in [0.2, 0.25) is 5.56 Å². The second-order valence-electron chi connectivity index (χ2n) is 4.00. The minimum atomic E-state index is -0.341. The fourth-order valence-corrected chi connectivity index (χ4v) is 1.99. The van der Waals surface area contributed by atoms with Gasteiger partial charge in [-0.15, -0.1) is 0 Å². The summed E-state index contributed by atoms with van der Waals surface area (Å²) in [6.07, 6.45) is 0.878. The van der Waals surface area contributed by atoms with Gasteiger partial charge in [-0.2, -0.15) is 0 Å². The predicted octanol–water partition coefficient (Wildman–Crippen LogP) is 1.81. The zero-order valence-electron chi connectivity index (χ0n) is 9.07. The third kappa shape index (κ3) is 1.78. The molecule has 0 radical (unpaired) electrons. The lowest BCUT2D eigenvalue weighted by atomic mass is 10.2. The van der Waals surface area contributed by atoms with Gasteiger partial charge in [-0.3, -0.25) is 14.7 Å². The molecule has 4 nitrogen and oxygen atoms in total. The summed E-state index contributed by atoms with van der Waals surface area (Å²) in [5.41, 5.74) is 0.790. The van der Waals surface area contributed by atoms with Gasteiger partial charge < -0.3 is 4.98 Å². The van der Waals surface area contributed by atoms with E-state index in [0.717, 1.165) is 6.42 Å². The summed E-state index contributed by atoms with van der Waals surface area (Å²) >= 11 is 0. The van der Waals surface area contributed by atoms with Crippen LogP contribution in [0, 0.1) is 5.82 Å². The van der Waals surface area contributed by atoms with Crippen molar-refractivity contribution in [3.63, 3.8) is 0 Å². The molecule has 0 amide bonds. The van der Waals surface area contributed by atoms with Crippen molar-refractivity contribution < 1.29 is 9.23 Å². The molecule has 2 aromatic rings. The number of aromatic nitrogens is 1. The zero-order valence-corrected chi connectivity index (χ0v) is 9.07. The quantitative estimate of drug-likeness (QED) is 0.818. The predicted molar refractivity (Wildman–Crippen MR) is 62.4 cm³/mol. The van der Waals surface area contributed by atoms with Gasteiger partial charge in [0.1, 0.15) is 11.5 Å². The molecule has 3 rings (SSSR count). The first-order valence-electron chi connectivity index (χ1n) is 5.47. The molecule has 88 valence electrons. The van der Waals surface area contributed by atoms with Crippen LogP contribution in [0.3, 0.4) is 0 Å². The number of rotatable bonds is 1. The van der Waals surface area contributed by atoms with Crippen molar-refractivity contribution in [3.8, 4) is 0 Å². The number of nitrogens with one attached hydrogen (secondary N) is 1. The van der Waals surface area contributed by atoms with Gasteiger partial charge in [0.05, 0.1) is 12.1 Å². The third-order valence-electron chi connectivity index (χ3n) is 2.81. The van der Waals surface area contributed by atoms with Crippen LogP contribution in [0.2, 0.25) is 0 Å². The number of H-pyrrole nitrogens is 1. The van der Waals surface area contributed by atoms with Crippen LogP contribution in [0.25, 0.3) is 10.9 Å². The number of halogens is 1. The largest absolute Gasteiger partial charge is 0.322 e. The first-order chi connectivity index (χ1) is 8.24. The summed E-state index contributed by atoms with van der Waals surface area (Å²) in [6.45, 7) is 1.27. The highest BCUT2D eigenvalue weighted by Crippen LogP contribution is 2.26. The zero-order chi connectivity index (χ0) is 11.8. The fourth-order valence-electron chi connectivity index (χ4n) is 1.99. The molecular weight excluding hydrogens is 223 g/mol. The van der Waals surface area contributed by atoms with E-state index in [1.807, 2.05) is 0 Å². The van der Waals surface area contributed by atoms with Crippen molar-refractivity contribution >= 4 is 16.6 Å². The Morgan fingerprint density at radius 3 is 3.00 bits per heavy atom. The van der Waals surface area contributed by atoms with E-state index in [1.165, 1.54) is 17.2 Å². The molecule has 1 aliphatic heterocycles. The Labute approximate surface area is 96.6 Å². The van der Waals surface area contributed by atoms with E-state index in [4.69, 9.17) is 4.84 Å². The summed E-state index contributed by atoms with van der Waals surface area (Å²) in [5.74, 6) is -0.341. The maximum Gasteiger partial charge on any atom is 0.248 e. The van der Waals surface area contributed by atoms with E-state index in [-0.39, 0.29) is 11.4 Å². The van der Waals surface area contributed by atoms with E-state index < -0.39 is 0 Å². The van der Waals surface area contributed by atoms with Crippen LogP contribution in [0.5, 0.6) is 0 Å². The topological polar surface area (TPSA) is 45.3 Å². The molecule has 1 N–H and O–H groups in total. The van der Waals surface area contributed by atoms with Gasteiger partial charge >= 0.3 is 0 Å². The van der Waals surface area contributed by atoms with Crippen LogP contribution in [0.4, 0.5) is 10.1 Å². The fraction of sp³-hybridized carbons (Fsp3) is 0.250. The van der Waals surface area contributed by atoms with Crippen molar-refractivity contribution in [2.45, 2.75) is 6.42 Å². The Hall–Kier alpha value is -1.88. The smallest absolute Gasteiger partial charge is 0.248 e. The molecule has 2 heterocycles. The van der Waals surface area contributed by atoms with Crippen LogP contribution in [0.15, 0.2) is 29.1 Å². The van der Waals surface area contributed by atoms with Gasteiger partial charge in [-0.25, -0.2) is 4.39 Å². The number of hydrogen-bond acceptors (Lipinski definition) is 3. The number of hydrogen-bond donors (Lipinski definition) is 1. The van der Waals surface area contributed by atoms with E-state index in [1.54, 1.807) is 12.1 Å². The molecule has 17 heavy (non-hydrogen) atoms. The number of anilines is 1. The van der Waals surface area contributed by atoms with Crippen LogP contribution in [0.1, 0.15) is 6.42 Å². The van der Waals surface area contributed by atoms with E-state index in [9.17, 15) is 9.18 Å². The maximum absolute atomic E-state index is 13.9. The molecule has 0 spiro atoms. The van der Waals surface area contributed by atoms with Gasteiger partial charge in [-0.05, 0) is 24.6 Å². The van der Waals surface area contributed by atoms with Crippen molar-refractivity contribution in [3.05, 3.63) is 40.4 Å². The number of benzene rings is 1. The number of pyridine rings is 1. The number of hydroxylamine groups is 1. The van der Waals surface area contributed by atoms with Crippen LogP contribution in [-0.2, 0) is 4.84 Å². The van der Waals surface area contributed by atoms with E-state index >= 15 is 0 Å². The Morgan fingerprint density at radius 1 is 1.35 bits per heavy atom. The Balaban J connectivity index is 2.17. The molecule has 1 aromatic carbocycles. The average Bonchev–Trinajstić information content (AvgIpc) is 2.82. The second-order valence-corrected chi connectivity index (χ2v) is 4.00. The normalized spacial score (nSPS) is 15.7. The molecule has 0 atom stereocenters. The Morgan fingerprint density at radius 2 is 2.24 bits per heavy atom. The Bertz CT molecular complexity index is 617. The molecule has 0 unspecified atom stereocenters. The standard InChI is InChI=1S/C12H11FN2O2/c13-9-6-8-2-3-12(16)14-10(8)7-11(9)15-4-1-5-17-15/h2-3,6-7H,1,4-5H2,(H,14,16). The summed E-state index contributed by atoms with van der Waals surface area (Å²) in [6, 6.07) is 6.00. The van der Waals surface area contributed by atoms with E-state index in [2.05, 4.69) is 4.98 Å². The highest BCUT2D eigenvalue weighted by Gasteiger charge is 2.18. The molecule has 0 bridgehead atoms. The molecule has 1 aromatic heterocycles. The monoisotopic (exact) mass is 234 g/mol. The summed E-state index contributed by atoms with van der Waals surface area (Å²) in [5, 5.41) is 2.20.